The molecule has 0 aliphatic carbocycles. The van der Waals surface area contributed by atoms with Gasteiger partial charge in [0.25, 0.3) is 5.91 Å². The van der Waals surface area contributed by atoms with Gasteiger partial charge < -0.3 is 19.9 Å². The minimum absolute atomic E-state index is 0.0485. The van der Waals surface area contributed by atoms with E-state index < -0.39 is 0 Å². The Morgan fingerprint density at radius 3 is 2.42 bits per heavy atom. The largest absolute Gasteiger partial charge is 0.483 e. The maximum Gasteiger partial charge on any atom is 0.257 e. The molecule has 2 amide bonds. The zero-order chi connectivity index (χ0) is 22.2. The number of amides is 2. The van der Waals surface area contributed by atoms with Crippen LogP contribution in [0.3, 0.4) is 0 Å². The van der Waals surface area contributed by atoms with Crippen molar-refractivity contribution >= 4 is 17.5 Å². The number of piperazine rings is 1. The van der Waals surface area contributed by atoms with Crippen LogP contribution in [0.1, 0.15) is 37.3 Å². The van der Waals surface area contributed by atoms with Crippen LogP contribution in [-0.4, -0.2) is 56.0 Å². The third kappa shape index (κ3) is 6.48. The van der Waals surface area contributed by atoms with Crippen molar-refractivity contribution in [2.24, 2.45) is 0 Å². The first-order chi connectivity index (χ1) is 14.9. The number of nitrogens with zero attached hydrogens (tertiary/aromatic N) is 2. The number of ether oxygens (including phenoxy) is 1. The number of hydrogen-bond acceptors (Lipinski definition) is 4. The van der Waals surface area contributed by atoms with Crippen molar-refractivity contribution in [3.05, 3.63) is 59.7 Å². The number of benzene rings is 2. The number of rotatable bonds is 8. The van der Waals surface area contributed by atoms with Gasteiger partial charge in [0.05, 0.1) is 0 Å². The summed E-state index contributed by atoms with van der Waals surface area (Å²) >= 11 is 0. The highest BCUT2D eigenvalue weighted by Gasteiger charge is 2.21. The normalized spacial score (nSPS) is 13.9. The van der Waals surface area contributed by atoms with Gasteiger partial charge in [-0.1, -0.05) is 44.2 Å². The van der Waals surface area contributed by atoms with E-state index in [9.17, 15) is 9.59 Å². The van der Waals surface area contributed by atoms with Gasteiger partial charge in [-0.3, -0.25) is 9.59 Å². The van der Waals surface area contributed by atoms with Crippen molar-refractivity contribution in [3.8, 4) is 5.75 Å². The first-order valence-corrected chi connectivity index (χ1v) is 11.0. The lowest BCUT2D eigenvalue weighted by molar-refractivity contribution is -0.131. The summed E-state index contributed by atoms with van der Waals surface area (Å²) < 4.78 is 5.76. The van der Waals surface area contributed by atoms with E-state index >= 15 is 0 Å². The summed E-state index contributed by atoms with van der Waals surface area (Å²) in [6, 6.07) is 16.3. The fourth-order valence-corrected chi connectivity index (χ4v) is 3.76. The third-order valence-electron chi connectivity index (χ3n) is 5.56. The highest BCUT2D eigenvalue weighted by atomic mass is 16.5. The van der Waals surface area contributed by atoms with E-state index in [1.807, 2.05) is 48.2 Å². The predicted molar refractivity (Wildman–Crippen MR) is 124 cm³/mol. The summed E-state index contributed by atoms with van der Waals surface area (Å²) in [7, 11) is 0. The van der Waals surface area contributed by atoms with Gasteiger partial charge in [0.1, 0.15) is 5.75 Å². The molecule has 31 heavy (non-hydrogen) atoms. The van der Waals surface area contributed by atoms with Gasteiger partial charge in [0.15, 0.2) is 6.61 Å². The van der Waals surface area contributed by atoms with Gasteiger partial charge >= 0.3 is 0 Å². The summed E-state index contributed by atoms with van der Waals surface area (Å²) in [5, 5.41) is 2.80. The zero-order valence-corrected chi connectivity index (χ0v) is 18.8. The molecule has 1 fully saturated rings. The molecule has 166 valence electrons. The summed E-state index contributed by atoms with van der Waals surface area (Å²) in [5.41, 5.74) is 3.37. The van der Waals surface area contributed by atoms with Gasteiger partial charge in [-0.05, 0) is 42.2 Å². The van der Waals surface area contributed by atoms with Gasteiger partial charge in [-0.15, -0.1) is 0 Å². The van der Waals surface area contributed by atoms with Crippen molar-refractivity contribution in [3.63, 3.8) is 0 Å². The first-order valence-electron chi connectivity index (χ1n) is 11.0. The molecular formula is C25H33N3O3. The predicted octanol–water partition coefficient (Wildman–Crippen LogP) is 3.35. The second-order valence-corrected chi connectivity index (χ2v) is 8.29. The monoisotopic (exact) mass is 423 g/mol. The average Bonchev–Trinajstić information content (AvgIpc) is 2.78. The Labute approximate surface area is 185 Å². The van der Waals surface area contributed by atoms with Crippen LogP contribution in [0.2, 0.25) is 0 Å². The van der Waals surface area contributed by atoms with Crippen LogP contribution >= 0.6 is 0 Å². The van der Waals surface area contributed by atoms with Crippen LogP contribution < -0.4 is 15.0 Å². The second-order valence-electron chi connectivity index (χ2n) is 8.29. The van der Waals surface area contributed by atoms with E-state index in [2.05, 4.69) is 36.2 Å². The molecule has 0 spiro atoms. The lowest BCUT2D eigenvalue weighted by atomic mass is 10.0. The number of hydrogen-bond donors (Lipinski definition) is 1. The van der Waals surface area contributed by atoms with Gasteiger partial charge in [-0.25, -0.2) is 0 Å². The highest BCUT2D eigenvalue weighted by Crippen LogP contribution is 2.27. The summed E-state index contributed by atoms with van der Waals surface area (Å²) in [6.07, 6.45) is 0.304. The van der Waals surface area contributed by atoms with Crippen molar-refractivity contribution in [2.75, 3.05) is 44.2 Å². The standard InChI is InChI=1S/C25H33N3O3/c1-19(2)22-10-9-20(3)17-23(22)31-18-24(29)26-12-11-25(30)28-15-13-27(14-16-28)21-7-5-4-6-8-21/h4-10,17,19H,11-16,18H2,1-3H3,(H,26,29). The Balaban J connectivity index is 1.37. The van der Waals surface area contributed by atoms with E-state index in [0.29, 0.717) is 32.0 Å². The van der Waals surface area contributed by atoms with Crippen molar-refractivity contribution in [2.45, 2.75) is 33.1 Å². The van der Waals surface area contributed by atoms with Crippen LogP contribution in [0.5, 0.6) is 5.75 Å². The SMILES string of the molecule is Cc1ccc(C(C)C)c(OCC(=O)NCCC(=O)N2CCN(c3ccccc3)CC2)c1. The molecule has 6 heteroatoms. The lowest BCUT2D eigenvalue weighted by Gasteiger charge is -2.36. The molecule has 1 heterocycles. The fourth-order valence-electron chi connectivity index (χ4n) is 3.76. The van der Waals surface area contributed by atoms with Gasteiger partial charge in [0.2, 0.25) is 5.91 Å². The molecule has 1 N–H and O–H groups in total. The molecule has 3 rings (SSSR count). The molecule has 0 atom stereocenters. The first kappa shape index (κ1) is 22.7. The van der Waals surface area contributed by atoms with E-state index in [0.717, 1.165) is 30.0 Å². The molecule has 6 nitrogen and oxygen atoms in total. The number of aryl methyl sites for hydroxylation is 1. The van der Waals surface area contributed by atoms with E-state index in [1.165, 1.54) is 5.69 Å². The molecule has 0 saturated carbocycles. The molecule has 0 aromatic heterocycles. The molecule has 2 aromatic rings. The maximum atomic E-state index is 12.5. The third-order valence-corrected chi connectivity index (χ3v) is 5.56. The maximum absolute atomic E-state index is 12.5. The summed E-state index contributed by atoms with van der Waals surface area (Å²) in [6.45, 7) is 9.54. The molecule has 2 aromatic carbocycles. The molecule has 1 saturated heterocycles. The quantitative estimate of drug-likeness (QED) is 0.707. The number of carbonyl (C=O) groups excluding carboxylic acids is 2. The lowest BCUT2D eigenvalue weighted by Crippen LogP contribution is -2.49. The van der Waals surface area contributed by atoms with Gasteiger partial charge in [0, 0.05) is 44.8 Å². The van der Waals surface area contributed by atoms with Crippen LogP contribution in [0, 0.1) is 6.92 Å². The van der Waals surface area contributed by atoms with E-state index in [-0.39, 0.29) is 18.4 Å². The fraction of sp³-hybridized carbons (Fsp3) is 0.440. The van der Waals surface area contributed by atoms with Crippen LogP contribution in [0.4, 0.5) is 5.69 Å². The Bertz CT molecular complexity index is 875. The number of carbonyl (C=O) groups is 2. The molecule has 1 aliphatic heterocycles. The van der Waals surface area contributed by atoms with E-state index in [1.54, 1.807) is 0 Å². The molecule has 1 aliphatic rings. The average molecular weight is 424 g/mol. The van der Waals surface area contributed by atoms with E-state index in [4.69, 9.17) is 4.74 Å². The summed E-state index contributed by atoms with van der Waals surface area (Å²) in [5.74, 6) is 0.934. The minimum atomic E-state index is -0.210. The van der Waals surface area contributed by atoms with Gasteiger partial charge in [-0.2, -0.15) is 0 Å². The van der Waals surface area contributed by atoms with Crippen LogP contribution in [-0.2, 0) is 9.59 Å². The minimum Gasteiger partial charge on any atom is -0.483 e. The van der Waals surface area contributed by atoms with Crippen LogP contribution in [0.25, 0.3) is 0 Å². The van der Waals surface area contributed by atoms with Crippen molar-refractivity contribution < 1.29 is 14.3 Å². The highest BCUT2D eigenvalue weighted by molar-refractivity contribution is 5.80. The Morgan fingerprint density at radius 2 is 1.74 bits per heavy atom. The zero-order valence-electron chi connectivity index (χ0n) is 18.8. The number of para-hydroxylation sites is 1. The number of anilines is 1. The molecule has 0 radical (unpaired) electrons. The Morgan fingerprint density at radius 1 is 1.03 bits per heavy atom. The topological polar surface area (TPSA) is 61.9 Å². The van der Waals surface area contributed by atoms with Crippen molar-refractivity contribution in [1.82, 2.24) is 10.2 Å². The summed E-state index contributed by atoms with van der Waals surface area (Å²) in [4.78, 5) is 28.8. The van der Waals surface area contributed by atoms with Crippen LogP contribution in [0.15, 0.2) is 48.5 Å². The Hall–Kier alpha value is -3.02. The van der Waals surface area contributed by atoms with Crippen molar-refractivity contribution in [1.29, 1.82) is 0 Å². The molecule has 0 unspecified atom stereocenters. The number of nitrogens with one attached hydrogen (secondary N) is 1. The Kier molecular flexibility index (Phi) is 7.93. The second kappa shape index (κ2) is 10.8. The molecule has 0 bridgehead atoms. The smallest absolute Gasteiger partial charge is 0.257 e. The molecular weight excluding hydrogens is 390 g/mol.